The minimum absolute atomic E-state index is 0.0894. The summed E-state index contributed by atoms with van der Waals surface area (Å²) in [7, 11) is 0. The second-order valence-electron chi connectivity index (χ2n) is 3.56. The van der Waals surface area contributed by atoms with Crippen molar-refractivity contribution in [3.63, 3.8) is 0 Å². The third kappa shape index (κ3) is 3.34. The first-order chi connectivity index (χ1) is 7.50. The molecular formula is C11H13FN2O2. The van der Waals surface area contributed by atoms with Crippen molar-refractivity contribution in [1.29, 1.82) is 0 Å². The maximum absolute atomic E-state index is 13.2. The molecule has 0 atom stereocenters. The van der Waals surface area contributed by atoms with E-state index in [-0.39, 0.29) is 11.6 Å². The molecule has 0 heterocycles. The van der Waals surface area contributed by atoms with Gasteiger partial charge in [0.2, 0.25) is 0 Å². The molecule has 5 heteroatoms. The van der Waals surface area contributed by atoms with Gasteiger partial charge >= 0.3 is 6.03 Å². The van der Waals surface area contributed by atoms with Gasteiger partial charge in [-0.3, -0.25) is 10.1 Å². The number of hydrogen-bond donors (Lipinski definition) is 2. The summed E-state index contributed by atoms with van der Waals surface area (Å²) in [5, 5.41) is 4.51. The van der Waals surface area contributed by atoms with E-state index in [1.165, 1.54) is 18.2 Å². The van der Waals surface area contributed by atoms with Crippen molar-refractivity contribution in [3.8, 4) is 0 Å². The molecule has 0 saturated carbocycles. The van der Waals surface area contributed by atoms with Gasteiger partial charge in [0.15, 0.2) is 0 Å². The van der Waals surface area contributed by atoms with E-state index in [4.69, 9.17) is 0 Å². The second kappa shape index (κ2) is 5.25. The second-order valence-corrected chi connectivity index (χ2v) is 3.56. The minimum atomic E-state index is -0.753. The highest BCUT2D eigenvalue weighted by Crippen LogP contribution is 2.05. The van der Waals surface area contributed by atoms with Gasteiger partial charge in [-0.15, -0.1) is 0 Å². The maximum Gasteiger partial charge on any atom is 0.321 e. The van der Waals surface area contributed by atoms with Crippen molar-refractivity contribution in [2.75, 3.05) is 0 Å². The highest BCUT2D eigenvalue weighted by atomic mass is 19.1. The van der Waals surface area contributed by atoms with Gasteiger partial charge in [-0.25, -0.2) is 9.18 Å². The van der Waals surface area contributed by atoms with E-state index in [0.717, 1.165) is 6.07 Å². The number of carbonyl (C=O) groups excluding carboxylic acids is 2. The van der Waals surface area contributed by atoms with Crippen molar-refractivity contribution in [2.24, 2.45) is 0 Å². The van der Waals surface area contributed by atoms with E-state index in [9.17, 15) is 14.0 Å². The molecule has 0 unspecified atom stereocenters. The Kier molecular flexibility index (Phi) is 3.99. The van der Waals surface area contributed by atoms with Crippen molar-refractivity contribution in [2.45, 2.75) is 19.9 Å². The van der Waals surface area contributed by atoms with Gasteiger partial charge in [0.25, 0.3) is 5.91 Å². The number of imide groups is 1. The van der Waals surface area contributed by atoms with Crippen LogP contribution in [0.2, 0.25) is 0 Å². The van der Waals surface area contributed by atoms with Crippen LogP contribution in [0.15, 0.2) is 24.3 Å². The van der Waals surface area contributed by atoms with E-state index in [1.54, 1.807) is 13.8 Å². The Morgan fingerprint density at radius 2 is 1.88 bits per heavy atom. The zero-order valence-electron chi connectivity index (χ0n) is 9.08. The molecule has 0 radical (unpaired) electrons. The van der Waals surface area contributed by atoms with E-state index in [0.29, 0.717) is 0 Å². The summed E-state index contributed by atoms with van der Waals surface area (Å²) < 4.78 is 13.2. The Bertz CT molecular complexity index is 405. The lowest BCUT2D eigenvalue weighted by Gasteiger charge is -2.09. The Hall–Kier alpha value is -1.91. The average molecular weight is 224 g/mol. The summed E-state index contributed by atoms with van der Waals surface area (Å²) in [6.45, 7) is 3.51. The normalized spacial score (nSPS) is 10.0. The van der Waals surface area contributed by atoms with Gasteiger partial charge in [0.05, 0.1) is 5.56 Å². The van der Waals surface area contributed by atoms with Gasteiger partial charge < -0.3 is 5.32 Å². The Morgan fingerprint density at radius 1 is 1.25 bits per heavy atom. The number of urea groups is 1. The molecular weight excluding hydrogens is 211 g/mol. The number of benzene rings is 1. The molecule has 4 nitrogen and oxygen atoms in total. The standard InChI is InChI=1S/C11H13FN2O2/c1-7(2)13-11(16)14-10(15)8-5-3-4-6-9(8)12/h3-7H,1-2H3,(H2,13,14,15,16). The lowest BCUT2D eigenvalue weighted by molar-refractivity contribution is 0.0959. The predicted octanol–water partition coefficient (Wildman–Crippen LogP) is 1.67. The van der Waals surface area contributed by atoms with Gasteiger partial charge in [-0.2, -0.15) is 0 Å². The summed E-state index contributed by atoms with van der Waals surface area (Å²) in [4.78, 5) is 22.6. The fourth-order valence-electron chi connectivity index (χ4n) is 1.11. The van der Waals surface area contributed by atoms with E-state index < -0.39 is 17.8 Å². The summed E-state index contributed by atoms with van der Waals surface area (Å²) in [5.74, 6) is -1.41. The molecule has 0 aliphatic carbocycles. The van der Waals surface area contributed by atoms with Crippen molar-refractivity contribution in [1.82, 2.24) is 10.6 Å². The smallest absolute Gasteiger partial charge is 0.321 e. The molecule has 0 fully saturated rings. The number of hydrogen-bond acceptors (Lipinski definition) is 2. The molecule has 2 N–H and O–H groups in total. The van der Waals surface area contributed by atoms with Crippen molar-refractivity contribution < 1.29 is 14.0 Å². The molecule has 0 bridgehead atoms. The number of nitrogens with one attached hydrogen (secondary N) is 2. The zero-order chi connectivity index (χ0) is 12.1. The number of carbonyl (C=O) groups is 2. The highest BCUT2D eigenvalue weighted by molar-refractivity contribution is 6.04. The molecule has 86 valence electrons. The van der Waals surface area contributed by atoms with Crippen LogP contribution in [0.5, 0.6) is 0 Å². The summed E-state index contributed by atoms with van der Waals surface area (Å²) >= 11 is 0. The molecule has 0 aliphatic heterocycles. The van der Waals surface area contributed by atoms with Gasteiger partial charge in [0, 0.05) is 6.04 Å². The van der Waals surface area contributed by atoms with E-state index in [2.05, 4.69) is 5.32 Å². The van der Waals surface area contributed by atoms with Crippen molar-refractivity contribution >= 4 is 11.9 Å². The monoisotopic (exact) mass is 224 g/mol. The Labute approximate surface area is 92.8 Å². The van der Waals surface area contributed by atoms with E-state index in [1.807, 2.05) is 5.32 Å². The topological polar surface area (TPSA) is 58.2 Å². The van der Waals surface area contributed by atoms with E-state index >= 15 is 0 Å². The lowest BCUT2D eigenvalue weighted by Crippen LogP contribution is -2.42. The largest absolute Gasteiger partial charge is 0.336 e. The Morgan fingerprint density at radius 3 is 2.44 bits per heavy atom. The first-order valence-electron chi connectivity index (χ1n) is 4.87. The van der Waals surface area contributed by atoms with Crippen LogP contribution in [0, 0.1) is 5.82 Å². The molecule has 0 saturated heterocycles. The predicted molar refractivity (Wildman–Crippen MR) is 57.5 cm³/mol. The van der Waals surface area contributed by atoms with Gasteiger partial charge in [0.1, 0.15) is 5.82 Å². The van der Waals surface area contributed by atoms with Crippen LogP contribution in [-0.4, -0.2) is 18.0 Å². The van der Waals surface area contributed by atoms with Crippen LogP contribution in [0.25, 0.3) is 0 Å². The molecule has 0 spiro atoms. The molecule has 1 aromatic carbocycles. The third-order valence-corrected chi connectivity index (χ3v) is 1.77. The van der Waals surface area contributed by atoms with Crippen LogP contribution >= 0.6 is 0 Å². The van der Waals surface area contributed by atoms with Crippen LogP contribution in [-0.2, 0) is 0 Å². The number of amides is 3. The van der Waals surface area contributed by atoms with Gasteiger partial charge in [-0.1, -0.05) is 12.1 Å². The molecule has 0 aliphatic rings. The number of halogens is 1. The van der Waals surface area contributed by atoms with Crippen LogP contribution in [0.1, 0.15) is 24.2 Å². The third-order valence-electron chi connectivity index (χ3n) is 1.77. The molecule has 1 rings (SSSR count). The number of rotatable bonds is 2. The Balaban J connectivity index is 2.66. The van der Waals surface area contributed by atoms with Crippen LogP contribution in [0.3, 0.4) is 0 Å². The fraction of sp³-hybridized carbons (Fsp3) is 0.273. The lowest BCUT2D eigenvalue weighted by atomic mass is 10.2. The summed E-state index contributed by atoms with van der Waals surface area (Å²) in [5.41, 5.74) is -0.151. The zero-order valence-corrected chi connectivity index (χ0v) is 9.08. The summed E-state index contributed by atoms with van der Waals surface area (Å²) in [6, 6.07) is 4.75. The average Bonchev–Trinajstić information content (AvgIpc) is 2.16. The van der Waals surface area contributed by atoms with Crippen LogP contribution in [0.4, 0.5) is 9.18 Å². The molecule has 3 amide bonds. The van der Waals surface area contributed by atoms with Gasteiger partial charge in [-0.05, 0) is 26.0 Å². The van der Waals surface area contributed by atoms with Crippen LogP contribution < -0.4 is 10.6 Å². The van der Waals surface area contributed by atoms with Crippen molar-refractivity contribution in [3.05, 3.63) is 35.6 Å². The molecule has 1 aromatic rings. The SMILES string of the molecule is CC(C)NC(=O)NC(=O)c1ccccc1F. The highest BCUT2D eigenvalue weighted by Gasteiger charge is 2.13. The molecule has 0 aromatic heterocycles. The quantitative estimate of drug-likeness (QED) is 0.802. The summed E-state index contributed by atoms with van der Waals surface area (Å²) in [6.07, 6.45) is 0. The first kappa shape index (κ1) is 12.2. The molecule has 16 heavy (non-hydrogen) atoms. The first-order valence-corrected chi connectivity index (χ1v) is 4.87. The maximum atomic E-state index is 13.2. The fourth-order valence-corrected chi connectivity index (χ4v) is 1.11. The minimum Gasteiger partial charge on any atom is -0.336 e.